The highest BCUT2D eigenvalue weighted by molar-refractivity contribution is 5.96. The molecule has 0 aliphatic rings. The molecule has 0 aliphatic carbocycles. The van der Waals surface area contributed by atoms with Gasteiger partial charge >= 0.3 is 0 Å². The predicted molar refractivity (Wildman–Crippen MR) is 45.9 cm³/mol. The van der Waals surface area contributed by atoms with Gasteiger partial charge < -0.3 is 0 Å². The Balaban J connectivity index is 3.40. The Morgan fingerprint density at radius 3 is 2.58 bits per heavy atom. The minimum Gasteiger partial charge on any atom is -0.294 e. The van der Waals surface area contributed by atoms with Crippen LogP contribution in [0, 0.1) is 18.3 Å². The summed E-state index contributed by atoms with van der Waals surface area (Å²) in [6.45, 7) is 3.29. The van der Waals surface area contributed by atoms with Crippen molar-refractivity contribution < 1.29 is 4.79 Å². The van der Waals surface area contributed by atoms with E-state index in [0.29, 0.717) is 11.1 Å². The number of nitriles is 1. The standard InChI is InChI=1S/C10H9NO/c1-7-4-3-5-9(8(2)12)10(7)6-11/h3-5H,1-2H3. The van der Waals surface area contributed by atoms with Gasteiger partial charge in [-0.3, -0.25) is 4.79 Å². The van der Waals surface area contributed by atoms with Gasteiger partial charge in [-0.05, 0) is 19.4 Å². The lowest BCUT2D eigenvalue weighted by Gasteiger charge is -2.01. The minimum absolute atomic E-state index is 0.0600. The second kappa shape index (κ2) is 3.19. The molecule has 0 radical (unpaired) electrons. The first kappa shape index (κ1) is 8.48. The molecule has 0 aromatic heterocycles. The largest absolute Gasteiger partial charge is 0.294 e. The highest BCUT2D eigenvalue weighted by Gasteiger charge is 2.07. The SMILES string of the molecule is CC(=O)c1cccc(C)c1C#N. The molecule has 0 unspecified atom stereocenters. The van der Waals surface area contributed by atoms with Crippen LogP contribution >= 0.6 is 0 Å². The summed E-state index contributed by atoms with van der Waals surface area (Å²) in [5.41, 5.74) is 1.85. The highest BCUT2D eigenvalue weighted by Crippen LogP contribution is 2.12. The van der Waals surface area contributed by atoms with Gasteiger partial charge in [0.25, 0.3) is 0 Å². The number of aryl methyl sites for hydroxylation is 1. The second-order valence-corrected chi connectivity index (χ2v) is 2.67. The number of benzene rings is 1. The monoisotopic (exact) mass is 159 g/mol. The van der Waals surface area contributed by atoms with E-state index in [4.69, 9.17) is 5.26 Å². The van der Waals surface area contributed by atoms with E-state index in [1.807, 2.05) is 19.1 Å². The van der Waals surface area contributed by atoms with Crippen molar-refractivity contribution in [3.63, 3.8) is 0 Å². The maximum atomic E-state index is 11.0. The zero-order chi connectivity index (χ0) is 9.14. The van der Waals surface area contributed by atoms with Crippen LogP contribution < -0.4 is 0 Å². The van der Waals surface area contributed by atoms with Crippen LogP contribution in [-0.4, -0.2) is 5.78 Å². The number of rotatable bonds is 1. The van der Waals surface area contributed by atoms with Gasteiger partial charge in [0.2, 0.25) is 0 Å². The Hall–Kier alpha value is -1.62. The van der Waals surface area contributed by atoms with Gasteiger partial charge in [0.05, 0.1) is 5.56 Å². The molecule has 2 heteroatoms. The third kappa shape index (κ3) is 1.35. The fourth-order valence-electron chi connectivity index (χ4n) is 1.11. The topological polar surface area (TPSA) is 40.9 Å². The van der Waals surface area contributed by atoms with E-state index in [-0.39, 0.29) is 5.78 Å². The van der Waals surface area contributed by atoms with Gasteiger partial charge in [0.1, 0.15) is 6.07 Å². The van der Waals surface area contributed by atoms with Gasteiger partial charge in [-0.1, -0.05) is 18.2 Å². The quantitative estimate of drug-likeness (QED) is 0.588. The summed E-state index contributed by atoms with van der Waals surface area (Å²) in [6.07, 6.45) is 0. The summed E-state index contributed by atoms with van der Waals surface area (Å²) in [4.78, 5) is 11.0. The van der Waals surface area contributed by atoms with Crippen LogP contribution in [0.2, 0.25) is 0 Å². The van der Waals surface area contributed by atoms with Crippen molar-refractivity contribution in [3.05, 3.63) is 34.9 Å². The Morgan fingerprint density at radius 2 is 2.17 bits per heavy atom. The molecule has 0 fully saturated rings. The Bertz CT molecular complexity index is 361. The molecule has 2 nitrogen and oxygen atoms in total. The number of carbonyl (C=O) groups excluding carboxylic acids is 1. The lowest BCUT2D eigenvalue weighted by Crippen LogP contribution is -1.97. The maximum Gasteiger partial charge on any atom is 0.161 e. The fraction of sp³-hybridized carbons (Fsp3) is 0.200. The summed E-state index contributed by atoms with van der Waals surface area (Å²) in [5.74, 6) is -0.0600. The number of hydrogen-bond donors (Lipinski definition) is 0. The summed E-state index contributed by atoms with van der Waals surface area (Å²) >= 11 is 0. The molecular formula is C10H9NO. The third-order valence-corrected chi connectivity index (χ3v) is 1.76. The average Bonchev–Trinajstić information content (AvgIpc) is 2.03. The van der Waals surface area contributed by atoms with E-state index < -0.39 is 0 Å². The molecule has 0 atom stereocenters. The zero-order valence-corrected chi connectivity index (χ0v) is 7.09. The molecule has 1 aromatic carbocycles. The molecule has 0 N–H and O–H groups in total. The van der Waals surface area contributed by atoms with Gasteiger partial charge in [-0.25, -0.2) is 0 Å². The average molecular weight is 159 g/mol. The van der Waals surface area contributed by atoms with Crippen LogP contribution in [0.1, 0.15) is 28.4 Å². The normalized spacial score (nSPS) is 9.08. The van der Waals surface area contributed by atoms with E-state index in [1.54, 1.807) is 12.1 Å². The van der Waals surface area contributed by atoms with E-state index in [2.05, 4.69) is 0 Å². The first-order chi connectivity index (χ1) is 5.66. The Morgan fingerprint density at radius 1 is 1.50 bits per heavy atom. The summed E-state index contributed by atoms with van der Waals surface area (Å²) in [5, 5.41) is 8.75. The Labute approximate surface area is 71.4 Å². The van der Waals surface area contributed by atoms with Gasteiger partial charge in [-0.2, -0.15) is 5.26 Å². The molecule has 0 spiro atoms. The summed E-state index contributed by atoms with van der Waals surface area (Å²) in [7, 11) is 0. The molecule has 0 bridgehead atoms. The molecule has 60 valence electrons. The maximum absolute atomic E-state index is 11.0. The van der Waals surface area contributed by atoms with Crippen molar-refractivity contribution in [1.82, 2.24) is 0 Å². The molecule has 0 heterocycles. The van der Waals surface area contributed by atoms with Gasteiger partial charge in [0, 0.05) is 5.56 Å². The van der Waals surface area contributed by atoms with Crippen molar-refractivity contribution in [2.45, 2.75) is 13.8 Å². The molecule has 1 aromatic rings. The van der Waals surface area contributed by atoms with Gasteiger partial charge in [-0.15, -0.1) is 0 Å². The molecule has 0 saturated carbocycles. The smallest absolute Gasteiger partial charge is 0.161 e. The Kier molecular flexibility index (Phi) is 2.25. The third-order valence-electron chi connectivity index (χ3n) is 1.76. The van der Waals surface area contributed by atoms with E-state index in [9.17, 15) is 4.79 Å². The molecule has 12 heavy (non-hydrogen) atoms. The van der Waals surface area contributed by atoms with E-state index in [0.717, 1.165) is 5.56 Å². The highest BCUT2D eigenvalue weighted by atomic mass is 16.1. The summed E-state index contributed by atoms with van der Waals surface area (Å²) in [6, 6.07) is 7.31. The van der Waals surface area contributed by atoms with Crippen LogP contribution in [0.15, 0.2) is 18.2 Å². The van der Waals surface area contributed by atoms with Crippen molar-refractivity contribution in [3.8, 4) is 6.07 Å². The summed E-state index contributed by atoms with van der Waals surface area (Å²) < 4.78 is 0. The first-order valence-electron chi connectivity index (χ1n) is 3.67. The van der Waals surface area contributed by atoms with Crippen molar-refractivity contribution in [1.29, 1.82) is 5.26 Å². The van der Waals surface area contributed by atoms with Crippen molar-refractivity contribution in [2.75, 3.05) is 0 Å². The minimum atomic E-state index is -0.0600. The van der Waals surface area contributed by atoms with E-state index in [1.165, 1.54) is 6.92 Å². The number of carbonyl (C=O) groups is 1. The number of ketones is 1. The number of hydrogen-bond acceptors (Lipinski definition) is 2. The second-order valence-electron chi connectivity index (χ2n) is 2.67. The van der Waals surface area contributed by atoms with Crippen molar-refractivity contribution >= 4 is 5.78 Å². The fourth-order valence-corrected chi connectivity index (χ4v) is 1.11. The van der Waals surface area contributed by atoms with Crippen LogP contribution in [0.3, 0.4) is 0 Å². The number of nitrogens with zero attached hydrogens (tertiary/aromatic N) is 1. The van der Waals surface area contributed by atoms with Crippen LogP contribution in [0.25, 0.3) is 0 Å². The predicted octanol–water partition coefficient (Wildman–Crippen LogP) is 2.07. The van der Waals surface area contributed by atoms with Gasteiger partial charge in [0.15, 0.2) is 5.78 Å². The molecule has 0 amide bonds. The lowest BCUT2D eigenvalue weighted by molar-refractivity contribution is 0.101. The zero-order valence-electron chi connectivity index (χ0n) is 7.09. The van der Waals surface area contributed by atoms with E-state index >= 15 is 0 Å². The molecule has 0 saturated heterocycles. The van der Waals surface area contributed by atoms with Crippen molar-refractivity contribution in [2.24, 2.45) is 0 Å². The van der Waals surface area contributed by atoms with Crippen LogP contribution in [0.4, 0.5) is 0 Å². The number of Topliss-reactive ketones (excluding diaryl/α,β-unsaturated/α-hetero) is 1. The lowest BCUT2D eigenvalue weighted by atomic mass is 10.0. The molecular weight excluding hydrogens is 150 g/mol. The first-order valence-corrected chi connectivity index (χ1v) is 3.67. The molecule has 1 rings (SSSR count). The molecule has 0 aliphatic heterocycles. The van der Waals surface area contributed by atoms with Crippen LogP contribution in [-0.2, 0) is 0 Å². The van der Waals surface area contributed by atoms with Crippen LogP contribution in [0.5, 0.6) is 0 Å².